The molecule has 0 saturated carbocycles. The van der Waals surface area contributed by atoms with E-state index in [1.54, 1.807) is 0 Å². The van der Waals surface area contributed by atoms with Crippen LogP contribution in [0.1, 0.15) is 0 Å². The average molecular weight is 207 g/mol. The van der Waals surface area contributed by atoms with Crippen molar-refractivity contribution in [3.8, 4) is 0 Å². The van der Waals surface area contributed by atoms with E-state index in [-0.39, 0.29) is 17.0 Å². The first-order valence-electron chi connectivity index (χ1n) is 3.47. The third-order valence-corrected chi connectivity index (χ3v) is 1.60. The molecule has 1 heterocycles. The molecule has 3 heteroatoms. The van der Waals surface area contributed by atoms with Crippen molar-refractivity contribution in [3.63, 3.8) is 0 Å². The number of rotatable bonds is 2. The summed E-state index contributed by atoms with van der Waals surface area (Å²) in [6, 6.07) is 0. The molecule has 0 amide bonds. The molecule has 0 spiro atoms. The second-order valence-electron chi connectivity index (χ2n) is 2.34. The molecule has 0 aromatic heterocycles. The Bertz CT molecular complexity index is 89.6. The van der Waals surface area contributed by atoms with Gasteiger partial charge in [-0.25, -0.2) is 0 Å². The van der Waals surface area contributed by atoms with Crippen LogP contribution in [0, 0.1) is 0 Å². The lowest BCUT2D eigenvalue weighted by Gasteiger charge is -2.25. The normalized spacial score (nSPS) is 19.6. The van der Waals surface area contributed by atoms with Gasteiger partial charge in [0.05, 0.1) is 0 Å². The van der Waals surface area contributed by atoms with Crippen molar-refractivity contribution < 1.29 is 0 Å². The number of nitrogens with zero attached hydrogens (tertiary/aromatic N) is 1. The molecular formula is C7H15BrN2. The molecule has 1 N–H and O–H groups in total. The standard InChI is InChI=1S/C7H14N2.BrH/c1-2-5-9-6-3-8-4-7-9;/h2,8H,1,3-7H2;1H. The van der Waals surface area contributed by atoms with Gasteiger partial charge in [0.2, 0.25) is 0 Å². The minimum atomic E-state index is 0. The zero-order chi connectivity index (χ0) is 6.53. The highest BCUT2D eigenvalue weighted by atomic mass is 79.9. The zero-order valence-electron chi connectivity index (χ0n) is 6.18. The number of hydrogen-bond donors (Lipinski definition) is 1. The molecule has 10 heavy (non-hydrogen) atoms. The summed E-state index contributed by atoms with van der Waals surface area (Å²) < 4.78 is 0. The highest BCUT2D eigenvalue weighted by Crippen LogP contribution is 1.89. The molecule has 1 fully saturated rings. The first kappa shape index (κ1) is 10.1. The minimum Gasteiger partial charge on any atom is -0.314 e. The van der Waals surface area contributed by atoms with E-state index in [1.807, 2.05) is 6.08 Å². The van der Waals surface area contributed by atoms with Crippen molar-refractivity contribution in [2.24, 2.45) is 0 Å². The Hall–Kier alpha value is 0.140. The molecule has 1 aliphatic rings. The Labute approximate surface area is 73.1 Å². The summed E-state index contributed by atoms with van der Waals surface area (Å²) in [4.78, 5) is 2.39. The molecule has 0 atom stereocenters. The highest BCUT2D eigenvalue weighted by molar-refractivity contribution is 8.93. The molecular weight excluding hydrogens is 192 g/mol. The summed E-state index contributed by atoms with van der Waals surface area (Å²) in [7, 11) is 0. The van der Waals surface area contributed by atoms with Crippen LogP contribution in [0.4, 0.5) is 0 Å². The molecule has 0 aromatic carbocycles. The second kappa shape index (κ2) is 5.89. The Kier molecular flexibility index (Phi) is 5.97. The average Bonchev–Trinajstić information content (AvgIpc) is 1.91. The topological polar surface area (TPSA) is 15.3 Å². The van der Waals surface area contributed by atoms with Gasteiger partial charge in [-0.3, -0.25) is 4.90 Å². The van der Waals surface area contributed by atoms with Crippen LogP contribution in [0.2, 0.25) is 0 Å². The van der Waals surface area contributed by atoms with Crippen molar-refractivity contribution in [2.75, 3.05) is 32.7 Å². The summed E-state index contributed by atoms with van der Waals surface area (Å²) in [6.07, 6.45) is 1.96. The zero-order valence-corrected chi connectivity index (χ0v) is 7.89. The lowest BCUT2D eigenvalue weighted by atomic mass is 10.3. The van der Waals surface area contributed by atoms with Crippen LogP contribution >= 0.6 is 17.0 Å². The molecule has 2 nitrogen and oxygen atoms in total. The van der Waals surface area contributed by atoms with E-state index in [9.17, 15) is 0 Å². The Morgan fingerprint density at radius 2 is 2.00 bits per heavy atom. The van der Waals surface area contributed by atoms with Gasteiger partial charge in [0.25, 0.3) is 0 Å². The van der Waals surface area contributed by atoms with Gasteiger partial charge in [-0.2, -0.15) is 0 Å². The largest absolute Gasteiger partial charge is 0.314 e. The lowest BCUT2D eigenvalue weighted by Crippen LogP contribution is -2.43. The maximum Gasteiger partial charge on any atom is 0.0161 e. The minimum absolute atomic E-state index is 0. The third kappa shape index (κ3) is 3.34. The maximum atomic E-state index is 3.69. The Morgan fingerprint density at radius 3 is 2.50 bits per heavy atom. The van der Waals surface area contributed by atoms with Crippen LogP contribution in [0.25, 0.3) is 0 Å². The fraction of sp³-hybridized carbons (Fsp3) is 0.714. The Morgan fingerprint density at radius 1 is 1.40 bits per heavy atom. The van der Waals surface area contributed by atoms with Gasteiger partial charge in [0, 0.05) is 32.7 Å². The van der Waals surface area contributed by atoms with Gasteiger partial charge in [-0.1, -0.05) is 6.08 Å². The van der Waals surface area contributed by atoms with E-state index < -0.39 is 0 Å². The summed E-state index contributed by atoms with van der Waals surface area (Å²) in [5, 5.41) is 3.30. The van der Waals surface area contributed by atoms with E-state index in [2.05, 4.69) is 16.8 Å². The van der Waals surface area contributed by atoms with Crippen LogP contribution < -0.4 is 5.32 Å². The molecule has 0 bridgehead atoms. The van der Waals surface area contributed by atoms with Gasteiger partial charge in [-0.15, -0.1) is 23.6 Å². The van der Waals surface area contributed by atoms with Crippen LogP contribution in [-0.4, -0.2) is 37.6 Å². The smallest absolute Gasteiger partial charge is 0.0161 e. The predicted octanol–water partition coefficient (Wildman–Crippen LogP) is 0.655. The van der Waals surface area contributed by atoms with E-state index in [0.29, 0.717) is 0 Å². The van der Waals surface area contributed by atoms with Gasteiger partial charge in [0.1, 0.15) is 0 Å². The van der Waals surface area contributed by atoms with Crippen molar-refractivity contribution in [1.29, 1.82) is 0 Å². The van der Waals surface area contributed by atoms with Crippen molar-refractivity contribution in [3.05, 3.63) is 12.7 Å². The van der Waals surface area contributed by atoms with Crippen molar-refractivity contribution >= 4 is 17.0 Å². The summed E-state index contributed by atoms with van der Waals surface area (Å²) >= 11 is 0. The molecule has 0 unspecified atom stereocenters. The summed E-state index contributed by atoms with van der Waals surface area (Å²) in [5.74, 6) is 0. The summed E-state index contributed by atoms with van der Waals surface area (Å²) in [6.45, 7) is 9.35. The SMILES string of the molecule is Br.C=CCN1CCNCC1. The monoisotopic (exact) mass is 206 g/mol. The fourth-order valence-electron chi connectivity index (χ4n) is 1.08. The molecule has 0 radical (unpaired) electrons. The first-order valence-corrected chi connectivity index (χ1v) is 3.47. The maximum absolute atomic E-state index is 3.69. The predicted molar refractivity (Wildman–Crippen MR) is 49.8 cm³/mol. The molecule has 0 aliphatic carbocycles. The van der Waals surface area contributed by atoms with Gasteiger partial charge in [0.15, 0.2) is 0 Å². The lowest BCUT2D eigenvalue weighted by molar-refractivity contribution is 0.265. The molecule has 60 valence electrons. The van der Waals surface area contributed by atoms with E-state index in [4.69, 9.17) is 0 Å². The number of piperazine rings is 1. The second-order valence-corrected chi connectivity index (χ2v) is 2.34. The van der Waals surface area contributed by atoms with Crippen LogP contribution in [0.15, 0.2) is 12.7 Å². The van der Waals surface area contributed by atoms with Crippen LogP contribution in [0.3, 0.4) is 0 Å². The van der Waals surface area contributed by atoms with Crippen LogP contribution in [-0.2, 0) is 0 Å². The van der Waals surface area contributed by atoms with Crippen molar-refractivity contribution in [2.45, 2.75) is 0 Å². The Balaban J connectivity index is 0.000000810. The molecule has 1 rings (SSSR count). The first-order chi connectivity index (χ1) is 4.43. The van der Waals surface area contributed by atoms with Gasteiger partial charge >= 0.3 is 0 Å². The van der Waals surface area contributed by atoms with Gasteiger partial charge < -0.3 is 5.32 Å². The van der Waals surface area contributed by atoms with E-state index in [1.165, 1.54) is 13.1 Å². The number of hydrogen-bond acceptors (Lipinski definition) is 2. The van der Waals surface area contributed by atoms with E-state index >= 15 is 0 Å². The van der Waals surface area contributed by atoms with Crippen molar-refractivity contribution in [1.82, 2.24) is 10.2 Å². The van der Waals surface area contributed by atoms with Crippen LogP contribution in [0.5, 0.6) is 0 Å². The quantitative estimate of drug-likeness (QED) is 0.669. The highest BCUT2D eigenvalue weighted by Gasteiger charge is 2.05. The van der Waals surface area contributed by atoms with Gasteiger partial charge in [-0.05, 0) is 0 Å². The summed E-state index contributed by atoms with van der Waals surface area (Å²) in [5.41, 5.74) is 0. The number of nitrogens with one attached hydrogen (secondary N) is 1. The van der Waals surface area contributed by atoms with E-state index in [0.717, 1.165) is 19.6 Å². The third-order valence-electron chi connectivity index (χ3n) is 1.60. The molecule has 1 aliphatic heterocycles. The molecule has 0 aromatic rings. The molecule has 1 saturated heterocycles. The number of halogens is 1. The fourth-order valence-corrected chi connectivity index (χ4v) is 1.08.